The topological polar surface area (TPSA) is 28.2 Å². The lowest BCUT2D eigenvalue weighted by molar-refractivity contribution is 0.417. The second kappa shape index (κ2) is 6.30. The summed E-state index contributed by atoms with van der Waals surface area (Å²) in [6.45, 7) is 12.1. The van der Waals surface area contributed by atoms with E-state index in [2.05, 4.69) is 49.8 Å². The van der Waals surface area contributed by atoms with Crippen LogP contribution in [0, 0.1) is 11.7 Å². The Morgan fingerprint density at radius 1 is 1.43 bits per heavy atom. The van der Waals surface area contributed by atoms with Crippen LogP contribution in [0.1, 0.15) is 53.0 Å². The van der Waals surface area contributed by atoms with E-state index in [9.17, 15) is 4.39 Å². The molecule has 1 aromatic rings. The van der Waals surface area contributed by atoms with E-state index in [-0.39, 0.29) is 11.4 Å². The van der Waals surface area contributed by atoms with Crippen LogP contribution in [0.25, 0.3) is 0 Å². The van der Waals surface area contributed by atoms with Gasteiger partial charge in [0.15, 0.2) is 11.6 Å². The number of anilines is 1. The summed E-state index contributed by atoms with van der Waals surface area (Å²) < 4.78 is 14.8. The van der Waals surface area contributed by atoms with Crippen molar-refractivity contribution in [3.63, 3.8) is 0 Å². The summed E-state index contributed by atoms with van der Waals surface area (Å²) in [6, 6.07) is 2.18. The Morgan fingerprint density at radius 3 is 2.76 bits per heavy atom. The third-order valence-electron chi connectivity index (χ3n) is 4.10. The van der Waals surface area contributed by atoms with Gasteiger partial charge in [0, 0.05) is 36.4 Å². The van der Waals surface area contributed by atoms with Crippen molar-refractivity contribution in [1.82, 2.24) is 10.3 Å². The van der Waals surface area contributed by atoms with Gasteiger partial charge in [0.05, 0.1) is 0 Å². The molecular formula is C17H28FN3. The van der Waals surface area contributed by atoms with Gasteiger partial charge in [-0.3, -0.25) is 0 Å². The highest BCUT2D eigenvalue weighted by atomic mass is 19.1. The van der Waals surface area contributed by atoms with Crippen LogP contribution in [0.15, 0.2) is 12.3 Å². The number of halogens is 1. The first-order valence-corrected chi connectivity index (χ1v) is 7.94. The molecule has 0 saturated carbocycles. The van der Waals surface area contributed by atoms with Gasteiger partial charge in [-0.05, 0) is 45.6 Å². The van der Waals surface area contributed by atoms with E-state index < -0.39 is 0 Å². The van der Waals surface area contributed by atoms with Gasteiger partial charge in [-0.15, -0.1) is 0 Å². The van der Waals surface area contributed by atoms with Crippen molar-refractivity contribution < 1.29 is 4.39 Å². The minimum atomic E-state index is -0.165. The van der Waals surface area contributed by atoms with Gasteiger partial charge in [0.1, 0.15) is 0 Å². The van der Waals surface area contributed by atoms with Crippen LogP contribution in [-0.2, 0) is 6.54 Å². The summed E-state index contributed by atoms with van der Waals surface area (Å²) in [5.41, 5.74) is 0.675. The SMILES string of the molecule is CC(C)C1CCCN1c1nccc(CNC(C)(C)C)c1F. The third-order valence-corrected chi connectivity index (χ3v) is 4.10. The smallest absolute Gasteiger partial charge is 0.170 e. The zero-order valence-corrected chi connectivity index (χ0v) is 13.9. The lowest BCUT2D eigenvalue weighted by Gasteiger charge is -2.29. The van der Waals surface area contributed by atoms with Crippen LogP contribution >= 0.6 is 0 Å². The lowest BCUT2D eigenvalue weighted by atomic mass is 10.0. The Balaban J connectivity index is 2.21. The minimum Gasteiger partial charge on any atom is -0.351 e. The standard InChI is InChI=1S/C17H28FN3/c1-12(2)14-7-6-10-21(14)16-15(18)13(8-9-19-16)11-20-17(3,4)5/h8-9,12,14,20H,6-7,10-11H2,1-5H3. The summed E-state index contributed by atoms with van der Waals surface area (Å²) in [5.74, 6) is 0.881. The molecule has 0 aromatic carbocycles. The summed E-state index contributed by atoms with van der Waals surface area (Å²) in [5, 5.41) is 3.34. The largest absolute Gasteiger partial charge is 0.351 e. The number of pyridine rings is 1. The predicted molar refractivity (Wildman–Crippen MR) is 86.0 cm³/mol. The first kappa shape index (κ1) is 16.2. The van der Waals surface area contributed by atoms with Crippen LogP contribution in [0.3, 0.4) is 0 Å². The molecule has 118 valence electrons. The fourth-order valence-electron chi connectivity index (χ4n) is 2.92. The molecule has 1 unspecified atom stereocenters. The van der Waals surface area contributed by atoms with E-state index in [1.54, 1.807) is 12.3 Å². The van der Waals surface area contributed by atoms with Crippen LogP contribution in [0.2, 0.25) is 0 Å². The zero-order chi connectivity index (χ0) is 15.6. The average molecular weight is 293 g/mol. The molecule has 0 aliphatic carbocycles. The number of nitrogens with zero attached hydrogens (tertiary/aromatic N) is 2. The van der Waals surface area contributed by atoms with E-state index in [1.807, 2.05) is 0 Å². The summed E-state index contributed by atoms with van der Waals surface area (Å²) in [6.07, 6.45) is 3.98. The van der Waals surface area contributed by atoms with Crippen molar-refractivity contribution in [3.05, 3.63) is 23.6 Å². The highest BCUT2D eigenvalue weighted by molar-refractivity contribution is 5.45. The van der Waals surface area contributed by atoms with Crippen molar-refractivity contribution in [2.45, 2.75) is 65.6 Å². The summed E-state index contributed by atoms with van der Waals surface area (Å²) in [7, 11) is 0. The molecule has 2 heterocycles. The molecular weight excluding hydrogens is 265 g/mol. The molecule has 1 aliphatic rings. The van der Waals surface area contributed by atoms with Crippen LogP contribution < -0.4 is 10.2 Å². The molecule has 1 aromatic heterocycles. The molecule has 1 fully saturated rings. The van der Waals surface area contributed by atoms with Crippen molar-refractivity contribution in [2.24, 2.45) is 5.92 Å². The van der Waals surface area contributed by atoms with Crippen molar-refractivity contribution >= 4 is 5.82 Å². The van der Waals surface area contributed by atoms with E-state index in [4.69, 9.17) is 0 Å². The van der Waals surface area contributed by atoms with Crippen LogP contribution in [0.5, 0.6) is 0 Å². The van der Waals surface area contributed by atoms with E-state index >= 15 is 0 Å². The monoisotopic (exact) mass is 293 g/mol. The molecule has 2 rings (SSSR count). The fraction of sp³-hybridized carbons (Fsp3) is 0.706. The van der Waals surface area contributed by atoms with Crippen molar-refractivity contribution in [2.75, 3.05) is 11.4 Å². The number of hydrogen-bond donors (Lipinski definition) is 1. The molecule has 3 nitrogen and oxygen atoms in total. The third kappa shape index (κ3) is 3.94. The molecule has 0 spiro atoms. The fourth-order valence-corrected chi connectivity index (χ4v) is 2.92. The molecule has 1 N–H and O–H groups in total. The Bertz CT molecular complexity index is 479. The predicted octanol–water partition coefficient (Wildman–Crippen LogP) is 3.73. The van der Waals surface area contributed by atoms with Gasteiger partial charge in [-0.2, -0.15) is 0 Å². The maximum atomic E-state index is 14.8. The van der Waals surface area contributed by atoms with Gasteiger partial charge in [-0.25, -0.2) is 9.37 Å². The van der Waals surface area contributed by atoms with E-state index in [1.165, 1.54) is 0 Å². The lowest BCUT2D eigenvalue weighted by Crippen LogP contribution is -2.36. The highest BCUT2D eigenvalue weighted by Gasteiger charge is 2.30. The molecule has 1 atom stereocenters. The van der Waals surface area contributed by atoms with E-state index in [0.717, 1.165) is 19.4 Å². The van der Waals surface area contributed by atoms with Gasteiger partial charge in [-0.1, -0.05) is 13.8 Å². The Kier molecular flexibility index (Phi) is 4.87. The first-order chi connectivity index (χ1) is 9.79. The van der Waals surface area contributed by atoms with Crippen LogP contribution in [-0.4, -0.2) is 23.1 Å². The molecule has 4 heteroatoms. The zero-order valence-electron chi connectivity index (χ0n) is 13.9. The van der Waals surface area contributed by atoms with Gasteiger partial charge >= 0.3 is 0 Å². The van der Waals surface area contributed by atoms with Gasteiger partial charge in [0.25, 0.3) is 0 Å². The Hall–Kier alpha value is -1.16. The number of rotatable bonds is 4. The number of nitrogens with one attached hydrogen (secondary N) is 1. The molecule has 0 amide bonds. The molecule has 1 saturated heterocycles. The maximum absolute atomic E-state index is 14.8. The minimum absolute atomic E-state index is 0.0238. The maximum Gasteiger partial charge on any atom is 0.170 e. The van der Waals surface area contributed by atoms with E-state index in [0.29, 0.717) is 29.9 Å². The second-order valence-electron chi connectivity index (χ2n) is 7.36. The molecule has 0 radical (unpaired) electrons. The van der Waals surface area contributed by atoms with Gasteiger partial charge in [0.2, 0.25) is 0 Å². The molecule has 0 bridgehead atoms. The molecule has 1 aliphatic heterocycles. The Labute approximate surface area is 127 Å². The second-order valence-corrected chi connectivity index (χ2v) is 7.36. The normalized spacial score (nSPS) is 19.6. The first-order valence-electron chi connectivity index (χ1n) is 7.94. The van der Waals surface area contributed by atoms with Gasteiger partial charge < -0.3 is 10.2 Å². The number of aromatic nitrogens is 1. The average Bonchev–Trinajstić information content (AvgIpc) is 2.85. The highest BCUT2D eigenvalue weighted by Crippen LogP contribution is 2.31. The Morgan fingerprint density at radius 2 is 2.14 bits per heavy atom. The van der Waals surface area contributed by atoms with Crippen molar-refractivity contribution in [1.29, 1.82) is 0 Å². The molecule has 21 heavy (non-hydrogen) atoms. The van der Waals surface area contributed by atoms with Crippen LogP contribution in [0.4, 0.5) is 10.2 Å². The summed E-state index contributed by atoms with van der Waals surface area (Å²) >= 11 is 0. The van der Waals surface area contributed by atoms with Crippen molar-refractivity contribution in [3.8, 4) is 0 Å². The summed E-state index contributed by atoms with van der Waals surface area (Å²) in [4.78, 5) is 6.47. The quantitative estimate of drug-likeness (QED) is 0.916. The number of hydrogen-bond acceptors (Lipinski definition) is 3.